The van der Waals surface area contributed by atoms with Crippen molar-refractivity contribution in [3.05, 3.63) is 35.1 Å². The highest BCUT2D eigenvalue weighted by atomic mass is 79.9. The van der Waals surface area contributed by atoms with Crippen molar-refractivity contribution in [3.8, 4) is 0 Å². The highest BCUT2D eigenvalue weighted by Crippen LogP contribution is 2.12. The second-order valence-electron chi connectivity index (χ2n) is 4.44. The first-order valence-electron chi connectivity index (χ1n) is 5.58. The lowest BCUT2D eigenvalue weighted by molar-refractivity contribution is 0.0930. The highest BCUT2D eigenvalue weighted by molar-refractivity contribution is 9.09. The normalized spacial score (nSPS) is 12.6. The Bertz CT molecular complexity index is 406. The minimum Gasteiger partial charge on any atom is -0.348 e. The van der Waals surface area contributed by atoms with E-state index in [1.54, 1.807) is 13.0 Å². The molecule has 0 aliphatic heterocycles. The van der Waals surface area contributed by atoms with Gasteiger partial charge in [-0.3, -0.25) is 4.79 Å². The molecular weight excluding hydrogens is 285 g/mol. The molecule has 0 radical (unpaired) electrons. The third kappa shape index (κ3) is 3.80. The summed E-state index contributed by atoms with van der Waals surface area (Å²) >= 11 is 3.36. The van der Waals surface area contributed by atoms with Gasteiger partial charge in [-0.25, -0.2) is 4.39 Å². The van der Waals surface area contributed by atoms with Crippen LogP contribution in [0.3, 0.4) is 0 Å². The molecule has 17 heavy (non-hydrogen) atoms. The Labute approximate surface area is 110 Å². The van der Waals surface area contributed by atoms with Crippen LogP contribution in [0, 0.1) is 18.7 Å². The smallest absolute Gasteiger partial charge is 0.251 e. The van der Waals surface area contributed by atoms with Crippen LogP contribution < -0.4 is 5.32 Å². The molecule has 1 unspecified atom stereocenters. The lowest BCUT2D eigenvalue weighted by Crippen LogP contribution is -2.40. The predicted octanol–water partition coefficient (Wildman–Crippen LogP) is 3.28. The first kappa shape index (κ1) is 14.2. The number of rotatable bonds is 4. The van der Waals surface area contributed by atoms with Gasteiger partial charge in [0.1, 0.15) is 5.82 Å². The lowest BCUT2D eigenvalue weighted by Gasteiger charge is -2.20. The maximum Gasteiger partial charge on any atom is 0.251 e. The zero-order valence-corrected chi connectivity index (χ0v) is 11.8. The van der Waals surface area contributed by atoms with Gasteiger partial charge in [-0.15, -0.1) is 0 Å². The lowest BCUT2D eigenvalue weighted by atomic mass is 10.0. The summed E-state index contributed by atoms with van der Waals surface area (Å²) in [6, 6.07) is 4.29. The topological polar surface area (TPSA) is 29.1 Å². The van der Waals surface area contributed by atoms with Gasteiger partial charge in [0.15, 0.2) is 0 Å². The van der Waals surface area contributed by atoms with Crippen molar-refractivity contribution in [2.24, 2.45) is 5.92 Å². The van der Waals surface area contributed by atoms with Gasteiger partial charge in [0.25, 0.3) is 5.91 Å². The molecule has 0 spiro atoms. The summed E-state index contributed by atoms with van der Waals surface area (Å²) in [5.41, 5.74) is 1.18. The second kappa shape index (κ2) is 6.15. The number of hydrogen-bond donors (Lipinski definition) is 1. The van der Waals surface area contributed by atoms with Gasteiger partial charge in [0, 0.05) is 16.9 Å². The van der Waals surface area contributed by atoms with Gasteiger partial charge in [-0.1, -0.05) is 35.8 Å². The van der Waals surface area contributed by atoms with E-state index in [1.807, 2.05) is 13.8 Å². The van der Waals surface area contributed by atoms with E-state index in [1.165, 1.54) is 12.1 Å². The van der Waals surface area contributed by atoms with Crippen LogP contribution in [0.4, 0.5) is 4.39 Å². The Morgan fingerprint density at radius 1 is 1.47 bits per heavy atom. The fourth-order valence-electron chi connectivity index (χ4n) is 1.47. The Morgan fingerprint density at radius 3 is 2.65 bits per heavy atom. The Hall–Kier alpha value is -0.900. The SMILES string of the molecule is Cc1ccc(F)cc1C(=O)NC(CBr)C(C)C. The molecule has 0 aliphatic rings. The van der Waals surface area contributed by atoms with Crippen molar-refractivity contribution in [1.82, 2.24) is 5.32 Å². The molecule has 0 aliphatic carbocycles. The molecule has 4 heteroatoms. The molecule has 1 rings (SSSR count). The quantitative estimate of drug-likeness (QED) is 0.850. The summed E-state index contributed by atoms with van der Waals surface area (Å²) < 4.78 is 13.1. The molecule has 0 fully saturated rings. The maximum atomic E-state index is 13.1. The average molecular weight is 302 g/mol. The second-order valence-corrected chi connectivity index (χ2v) is 5.08. The predicted molar refractivity (Wildman–Crippen MR) is 71.0 cm³/mol. The number of hydrogen-bond acceptors (Lipinski definition) is 1. The van der Waals surface area contributed by atoms with Crippen molar-refractivity contribution >= 4 is 21.8 Å². The number of nitrogens with one attached hydrogen (secondary N) is 1. The molecule has 0 heterocycles. The number of amides is 1. The Morgan fingerprint density at radius 2 is 2.12 bits per heavy atom. The summed E-state index contributed by atoms with van der Waals surface area (Å²) in [5, 5.41) is 3.58. The summed E-state index contributed by atoms with van der Waals surface area (Å²) in [6.07, 6.45) is 0. The Kier molecular flexibility index (Phi) is 5.12. The van der Waals surface area contributed by atoms with Crippen LogP contribution in [0.5, 0.6) is 0 Å². The van der Waals surface area contributed by atoms with Crippen LogP contribution in [0.15, 0.2) is 18.2 Å². The zero-order chi connectivity index (χ0) is 13.0. The molecule has 94 valence electrons. The minimum atomic E-state index is -0.388. The van der Waals surface area contributed by atoms with Gasteiger partial charge in [-0.05, 0) is 30.5 Å². The van der Waals surface area contributed by atoms with Gasteiger partial charge in [0.2, 0.25) is 0 Å². The van der Waals surface area contributed by atoms with Gasteiger partial charge >= 0.3 is 0 Å². The standard InChI is InChI=1S/C13H17BrFNO/c1-8(2)12(7-14)16-13(17)11-6-10(15)5-4-9(11)3/h4-6,8,12H,7H2,1-3H3,(H,16,17). The van der Waals surface area contributed by atoms with Crippen molar-refractivity contribution in [1.29, 1.82) is 0 Å². The zero-order valence-electron chi connectivity index (χ0n) is 10.3. The van der Waals surface area contributed by atoms with Crippen molar-refractivity contribution in [3.63, 3.8) is 0 Å². The fraction of sp³-hybridized carbons (Fsp3) is 0.462. The first-order chi connectivity index (χ1) is 7.95. The van der Waals surface area contributed by atoms with Gasteiger partial charge < -0.3 is 5.32 Å². The number of alkyl halides is 1. The van der Waals surface area contributed by atoms with Crippen LogP contribution in [0.25, 0.3) is 0 Å². The number of carbonyl (C=O) groups is 1. The molecule has 1 aromatic rings. The number of halogens is 2. The molecule has 1 N–H and O–H groups in total. The van der Waals surface area contributed by atoms with Crippen molar-refractivity contribution < 1.29 is 9.18 Å². The van der Waals surface area contributed by atoms with E-state index < -0.39 is 0 Å². The minimum absolute atomic E-state index is 0.0465. The fourth-order valence-corrected chi connectivity index (χ4v) is 2.38. The van der Waals surface area contributed by atoms with Crippen LogP contribution in [-0.4, -0.2) is 17.3 Å². The average Bonchev–Trinajstić information content (AvgIpc) is 2.28. The van der Waals surface area contributed by atoms with Crippen molar-refractivity contribution in [2.45, 2.75) is 26.8 Å². The van der Waals surface area contributed by atoms with Gasteiger partial charge in [0.05, 0.1) is 0 Å². The third-order valence-corrected chi connectivity index (χ3v) is 3.43. The van der Waals surface area contributed by atoms with E-state index in [0.29, 0.717) is 16.8 Å². The van der Waals surface area contributed by atoms with Crippen LogP contribution in [0.1, 0.15) is 29.8 Å². The highest BCUT2D eigenvalue weighted by Gasteiger charge is 2.17. The van der Waals surface area contributed by atoms with Crippen LogP contribution >= 0.6 is 15.9 Å². The number of aryl methyl sites for hydroxylation is 1. The van der Waals surface area contributed by atoms with Gasteiger partial charge in [-0.2, -0.15) is 0 Å². The summed E-state index contributed by atoms with van der Waals surface area (Å²) in [5.74, 6) is -0.284. The monoisotopic (exact) mass is 301 g/mol. The molecule has 0 aromatic heterocycles. The third-order valence-electron chi connectivity index (χ3n) is 2.73. The van der Waals surface area contributed by atoms with E-state index in [0.717, 1.165) is 5.56 Å². The molecular formula is C13H17BrFNO. The summed E-state index contributed by atoms with van der Waals surface area (Å²) in [6.45, 7) is 5.86. The van der Waals surface area contributed by atoms with E-state index in [4.69, 9.17) is 0 Å². The largest absolute Gasteiger partial charge is 0.348 e. The number of benzene rings is 1. The van der Waals surface area contributed by atoms with E-state index in [2.05, 4.69) is 21.2 Å². The molecule has 2 nitrogen and oxygen atoms in total. The molecule has 1 atom stereocenters. The van der Waals surface area contributed by atoms with Crippen LogP contribution in [0.2, 0.25) is 0 Å². The maximum absolute atomic E-state index is 13.1. The van der Waals surface area contributed by atoms with E-state index >= 15 is 0 Å². The number of carbonyl (C=O) groups excluding carboxylic acids is 1. The molecule has 1 amide bonds. The van der Waals surface area contributed by atoms with Crippen LogP contribution in [-0.2, 0) is 0 Å². The van der Waals surface area contributed by atoms with Crippen molar-refractivity contribution in [2.75, 3.05) is 5.33 Å². The molecule has 0 bridgehead atoms. The molecule has 0 saturated heterocycles. The molecule has 0 saturated carbocycles. The van der Waals surface area contributed by atoms with E-state index in [-0.39, 0.29) is 17.8 Å². The van der Waals surface area contributed by atoms with E-state index in [9.17, 15) is 9.18 Å². The summed E-state index contributed by atoms with van der Waals surface area (Å²) in [4.78, 5) is 12.0. The molecule has 1 aromatic carbocycles. The Balaban J connectivity index is 2.86. The summed E-state index contributed by atoms with van der Waals surface area (Å²) in [7, 11) is 0. The first-order valence-corrected chi connectivity index (χ1v) is 6.70.